The highest BCUT2D eigenvalue weighted by Gasteiger charge is 2.61. The minimum atomic E-state index is -1.36. The minimum absolute atomic E-state index is 0.430. The zero-order chi connectivity index (χ0) is 24.0. The number of carbonyl (C=O) groups is 3. The Balaban J connectivity index is 1.65. The Bertz CT molecular complexity index is 1140. The molecule has 3 aliphatic rings. The van der Waals surface area contributed by atoms with Gasteiger partial charge in [-0.05, 0) is 42.5 Å². The van der Waals surface area contributed by atoms with Crippen LogP contribution in [0.4, 0.5) is 0 Å². The molecule has 34 heavy (non-hydrogen) atoms. The molecule has 5 rings (SSSR count). The van der Waals surface area contributed by atoms with E-state index in [4.69, 9.17) is 23.7 Å². The monoisotopic (exact) mass is 466 g/mol. The molecule has 2 aromatic rings. The molecule has 1 heterocycles. The maximum absolute atomic E-state index is 12.0. The Morgan fingerprint density at radius 2 is 1.38 bits per heavy atom. The Morgan fingerprint density at radius 3 is 1.97 bits per heavy atom. The van der Waals surface area contributed by atoms with Crippen molar-refractivity contribution in [3.63, 3.8) is 0 Å². The molecule has 0 saturated heterocycles. The van der Waals surface area contributed by atoms with Gasteiger partial charge in [0.05, 0.1) is 17.2 Å². The fourth-order valence-electron chi connectivity index (χ4n) is 5.61. The summed E-state index contributed by atoms with van der Waals surface area (Å²) in [7, 11) is 0. The van der Waals surface area contributed by atoms with Crippen molar-refractivity contribution in [3.05, 3.63) is 48.6 Å². The summed E-state index contributed by atoms with van der Waals surface area (Å²) >= 11 is 0. The van der Waals surface area contributed by atoms with Crippen LogP contribution in [-0.2, 0) is 28.6 Å². The van der Waals surface area contributed by atoms with Crippen molar-refractivity contribution in [1.82, 2.24) is 0 Å². The number of benzene rings is 2. The van der Waals surface area contributed by atoms with Gasteiger partial charge in [-0.15, -0.1) is 0 Å². The SMILES string of the molecule is CC(=O)O[C@H]1C=CC2(Oc3cccc4cccc(c34)O2)[C@H]2[C@H]1[C@@H](OC(C)=O)CC[C@H]2OC(C)=O. The third-order valence-electron chi connectivity index (χ3n) is 6.65. The smallest absolute Gasteiger partial charge is 0.303 e. The third kappa shape index (κ3) is 3.77. The first-order valence-electron chi connectivity index (χ1n) is 11.4. The normalized spacial score (nSPS) is 28.3. The van der Waals surface area contributed by atoms with Crippen LogP contribution in [0.25, 0.3) is 10.8 Å². The van der Waals surface area contributed by atoms with Gasteiger partial charge in [-0.3, -0.25) is 14.4 Å². The summed E-state index contributed by atoms with van der Waals surface area (Å²) in [6.45, 7) is 4.01. The first-order chi connectivity index (χ1) is 16.3. The molecule has 5 atom stereocenters. The molecule has 0 unspecified atom stereocenters. The summed E-state index contributed by atoms with van der Waals surface area (Å²) in [5.41, 5.74) is 0. The average molecular weight is 466 g/mol. The fourth-order valence-corrected chi connectivity index (χ4v) is 5.61. The maximum atomic E-state index is 12.0. The summed E-state index contributed by atoms with van der Waals surface area (Å²) in [4.78, 5) is 35.9. The number of rotatable bonds is 3. The van der Waals surface area contributed by atoms with Gasteiger partial charge >= 0.3 is 17.9 Å². The minimum Gasteiger partial charge on any atom is -0.462 e. The van der Waals surface area contributed by atoms with Crippen LogP contribution in [0.15, 0.2) is 48.6 Å². The van der Waals surface area contributed by atoms with E-state index in [1.165, 1.54) is 20.8 Å². The molecular weight excluding hydrogens is 440 g/mol. The van der Waals surface area contributed by atoms with Gasteiger partial charge in [-0.25, -0.2) is 0 Å². The standard InChI is InChI=1S/C26H26O8/c1-14(27)30-18-10-11-22(32-16(3)29)25-24(18)19(31-15(2)28)12-13-26(25)33-20-8-4-6-17-7-5-9-21(34-26)23(17)20/h4-9,12-13,18-19,22,24-25H,10-11H2,1-3H3/t18-,19-,22+,24-,25+/m0/s1. The highest BCUT2D eigenvalue weighted by Crippen LogP contribution is 2.52. The maximum Gasteiger partial charge on any atom is 0.303 e. The summed E-state index contributed by atoms with van der Waals surface area (Å²) in [5, 5.41) is 1.82. The first kappa shape index (κ1) is 22.3. The van der Waals surface area contributed by atoms with E-state index in [1.807, 2.05) is 36.4 Å². The van der Waals surface area contributed by atoms with E-state index in [2.05, 4.69) is 0 Å². The number of carbonyl (C=O) groups excluding carboxylic acids is 3. The van der Waals surface area contributed by atoms with E-state index in [0.29, 0.717) is 24.3 Å². The lowest BCUT2D eigenvalue weighted by Crippen LogP contribution is -2.65. The van der Waals surface area contributed by atoms with Crippen LogP contribution in [0.3, 0.4) is 0 Å². The quantitative estimate of drug-likeness (QED) is 0.384. The van der Waals surface area contributed by atoms with Gasteiger partial charge in [-0.2, -0.15) is 0 Å². The van der Waals surface area contributed by atoms with Crippen LogP contribution in [-0.4, -0.2) is 42.0 Å². The predicted octanol–water partition coefficient (Wildman–Crippen LogP) is 3.70. The Hall–Kier alpha value is -3.55. The lowest BCUT2D eigenvalue weighted by atomic mass is 9.65. The summed E-state index contributed by atoms with van der Waals surface area (Å²) in [6, 6.07) is 11.5. The number of ether oxygens (including phenoxy) is 5. The second-order valence-corrected chi connectivity index (χ2v) is 8.95. The van der Waals surface area contributed by atoms with Crippen molar-refractivity contribution < 1.29 is 38.1 Å². The van der Waals surface area contributed by atoms with Crippen molar-refractivity contribution in [1.29, 1.82) is 0 Å². The fraction of sp³-hybridized carbons (Fsp3) is 0.423. The van der Waals surface area contributed by atoms with Gasteiger partial charge < -0.3 is 23.7 Å². The average Bonchev–Trinajstić information content (AvgIpc) is 2.76. The van der Waals surface area contributed by atoms with Crippen molar-refractivity contribution in [2.75, 3.05) is 0 Å². The molecule has 2 aromatic carbocycles. The lowest BCUT2D eigenvalue weighted by molar-refractivity contribution is -0.230. The lowest BCUT2D eigenvalue weighted by Gasteiger charge is -2.53. The van der Waals surface area contributed by atoms with E-state index in [0.717, 1.165) is 10.8 Å². The third-order valence-corrected chi connectivity index (χ3v) is 6.65. The largest absolute Gasteiger partial charge is 0.462 e. The molecule has 1 fully saturated rings. The molecule has 1 spiro atoms. The zero-order valence-corrected chi connectivity index (χ0v) is 19.2. The molecule has 0 amide bonds. The molecule has 0 radical (unpaired) electrons. The van der Waals surface area contributed by atoms with Gasteiger partial charge in [0.2, 0.25) is 0 Å². The highest BCUT2D eigenvalue weighted by molar-refractivity contribution is 5.94. The Morgan fingerprint density at radius 1 is 0.824 bits per heavy atom. The molecule has 8 heteroatoms. The summed E-state index contributed by atoms with van der Waals surface area (Å²) in [5.74, 6) is -2.63. The highest BCUT2D eigenvalue weighted by atomic mass is 16.7. The number of fused-ring (bicyclic) bond motifs is 2. The molecule has 0 aromatic heterocycles. The second kappa shape index (κ2) is 8.34. The zero-order valence-electron chi connectivity index (χ0n) is 19.2. The van der Waals surface area contributed by atoms with Crippen molar-refractivity contribution in [2.45, 2.75) is 57.7 Å². The molecule has 1 aliphatic heterocycles. The van der Waals surface area contributed by atoms with E-state index in [-0.39, 0.29) is 0 Å². The first-order valence-corrected chi connectivity index (χ1v) is 11.4. The van der Waals surface area contributed by atoms with Gasteiger partial charge in [0.1, 0.15) is 29.8 Å². The van der Waals surface area contributed by atoms with Gasteiger partial charge in [-0.1, -0.05) is 24.3 Å². The Labute approximate surface area is 196 Å². The molecule has 178 valence electrons. The topological polar surface area (TPSA) is 97.4 Å². The van der Waals surface area contributed by atoms with E-state index in [9.17, 15) is 14.4 Å². The predicted molar refractivity (Wildman–Crippen MR) is 120 cm³/mol. The van der Waals surface area contributed by atoms with Crippen LogP contribution in [0, 0.1) is 11.8 Å². The van der Waals surface area contributed by atoms with Crippen LogP contribution in [0.2, 0.25) is 0 Å². The molecule has 0 bridgehead atoms. The number of hydrogen-bond donors (Lipinski definition) is 0. The molecule has 8 nitrogen and oxygen atoms in total. The van der Waals surface area contributed by atoms with E-state index >= 15 is 0 Å². The van der Waals surface area contributed by atoms with Crippen LogP contribution < -0.4 is 9.47 Å². The number of esters is 3. The van der Waals surface area contributed by atoms with Crippen LogP contribution >= 0.6 is 0 Å². The van der Waals surface area contributed by atoms with Gasteiger partial charge in [0.15, 0.2) is 0 Å². The number of hydrogen-bond acceptors (Lipinski definition) is 8. The van der Waals surface area contributed by atoms with E-state index in [1.54, 1.807) is 12.2 Å². The summed E-state index contributed by atoms with van der Waals surface area (Å²) in [6.07, 6.45) is 2.40. The van der Waals surface area contributed by atoms with Crippen molar-refractivity contribution in [2.24, 2.45) is 11.8 Å². The van der Waals surface area contributed by atoms with Gasteiger partial charge in [0, 0.05) is 20.8 Å². The molecule has 2 aliphatic carbocycles. The molecule has 1 saturated carbocycles. The van der Waals surface area contributed by atoms with E-state index < -0.39 is 53.8 Å². The van der Waals surface area contributed by atoms with Crippen LogP contribution in [0.1, 0.15) is 33.6 Å². The van der Waals surface area contributed by atoms with Crippen molar-refractivity contribution in [3.8, 4) is 11.5 Å². The Kier molecular flexibility index (Phi) is 5.46. The van der Waals surface area contributed by atoms with Crippen molar-refractivity contribution >= 4 is 28.7 Å². The van der Waals surface area contributed by atoms with Crippen LogP contribution in [0.5, 0.6) is 11.5 Å². The summed E-state index contributed by atoms with van der Waals surface area (Å²) < 4.78 is 30.1. The molecular formula is C26H26O8. The molecule has 0 N–H and O–H groups in total. The van der Waals surface area contributed by atoms with Gasteiger partial charge in [0.25, 0.3) is 5.79 Å². The second-order valence-electron chi connectivity index (χ2n) is 8.95.